The molecule has 0 unspecified atom stereocenters. The van der Waals surface area contributed by atoms with Crippen molar-refractivity contribution in [1.29, 1.82) is 0 Å². The lowest BCUT2D eigenvalue weighted by atomic mass is 10.0. The number of hydrogen-bond donors (Lipinski definition) is 1. The summed E-state index contributed by atoms with van der Waals surface area (Å²) in [6.07, 6.45) is 9.60. The largest absolute Gasteiger partial charge is 0.366 e. The summed E-state index contributed by atoms with van der Waals surface area (Å²) in [6.45, 7) is 4.21. The number of aromatic nitrogens is 3. The fraction of sp³-hybridized carbons (Fsp3) is 0.345. The van der Waals surface area contributed by atoms with E-state index in [-0.39, 0.29) is 5.78 Å². The maximum atomic E-state index is 12.5. The van der Waals surface area contributed by atoms with Gasteiger partial charge in [0.25, 0.3) is 0 Å². The summed E-state index contributed by atoms with van der Waals surface area (Å²) in [7, 11) is 0. The van der Waals surface area contributed by atoms with Crippen LogP contribution < -0.4 is 5.32 Å². The fourth-order valence-electron chi connectivity index (χ4n) is 4.94. The Morgan fingerprint density at radius 2 is 1.74 bits per heavy atom. The number of carbonyl (C=O) groups excluding carboxylic acids is 1. The smallest absolute Gasteiger partial charge is 0.180 e. The molecule has 2 fully saturated rings. The van der Waals surface area contributed by atoms with Crippen LogP contribution in [0, 0.1) is 5.92 Å². The van der Waals surface area contributed by atoms with Crippen LogP contribution in [0.25, 0.3) is 28.2 Å². The van der Waals surface area contributed by atoms with Crippen molar-refractivity contribution in [3.63, 3.8) is 0 Å². The molecule has 6 rings (SSSR count). The summed E-state index contributed by atoms with van der Waals surface area (Å²) in [4.78, 5) is 24.7. The summed E-state index contributed by atoms with van der Waals surface area (Å²) in [5.74, 6) is 1.64. The minimum absolute atomic E-state index is 0.247. The summed E-state index contributed by atoms with van der Waals surface area (Å²) < 4.78 is 2.12. The molecule has 4 aromatic rings. The van der Waals surface area contributed by atoms with Crippen LogP contribution >= 0.6 is 0 Å². The van der Waals surface area contributed by atoms with Crippen molar-refractivity contribution in [2.75, 3.05) is 31.5 Å². The number of hydrogen-bond acceptors (Lipinski definition) is 5. The van der Waals surface area contributed by atoms with Crippen LogP contribution in [0.2, 0.25) is 0 Å². The second-order valence-electron chi connectivity index (χ2n) is 9.80. The average molecular weight is 466 g/mol. The lowest BCUT2D eigenvalue weighted by Gasteiger charge is -2.16. The summed E-state index contributed by atoms with van der Waals surface area (Å²) >= 11 is 0. The molecule has 178 valence electrons. The van der Waals surface area contributed by atoms with Gasteiger partial charge in [0.2, 0.25) is 0 Å². The van der Waals surface area contributed by atoms with Crippen LogP contribution in [0.4, 0.5) is 5.82 Å². The Hall–Kier alpha value is -3.51. The highest BCUT2D eigenvalue weighted by molar-refractivity contribution is 5.96. The summed E-state index contributed by atoms with van der Waals surface area (Å²) in [5.41, 5.74) is 5.60. The molecule has 1 saturated heterocycles. The Morgan fingerprint density at radius 1 is 0.971 bits per heavy atom. The fourth-order valence-corrected chi connectivity index (χ4v) is 4.94. The van der Waals surface area contributed by atoms with Crippen molar-refractivity contribution >= 4 is 17.2 Å². The number of ketones is 1. The summed E-state index contributed by atoms with van der Waals surface area (Å²) in [5, 5.41) is 3.56. The molecule has 6 nitrogen and oxygen atoms in total. The highest BCUT2D eigenvalue weighted by Gasteiger charge is 2.25. The van der Waals surface area contributed by atoms with Gasteiger partial charge in [-0.3, -0.25) is 9.20 Å². The van der Waals surface area contributed by atoms with Crippen LogP contribution in [0.1, 0.15) is 42.5 Å². The van der Waals surface area contributed by atoms with Crippen molar-refractivity contribution in [3.8, 4) is 22.5 Å². The lowest BCUT2D eigenvalue weighted by molar-refractivity contribution is 0.0976. The standard InChI is InChI=1S/C29H31N5O/c35-27(18-21-8-9-21)24-12-10-23(11-13-24)26-19-31-29-28(30-14-17-33-15-4-5-16-33)32-25(20-34(26)29)22-6-2-1-3-7-22/h1-3,6-7,10-13,19-21H,4-5,8-9,14-18H2,(H,30,32). The van der Waals surface area contributed by atoms with E-state index in [9.17, 15) is 4.79 Å². The van der Waals surface area contributed by atoms with Crippen molar-refractivity contribution in [3.05, 3.63) is 72.6 Å². The number of fused-ring (bicyclic) bond motifs is 1. The normalized spacial score (nSPS) is 16.1. The minimum atomic E-state index is 0.247. The van der Waals surface area contributed by atoms with Gasteiger partial charge in [-0.05, 0) is 44.7 Å². The molecule has 6 heteroatoms. The van der Waals surface area contributed by atoms with Crippen LogP contribution in [-0.2, 0) is 0 Å². The number of carbonyl (C=O) groups is 1. The SMILES string of the molecule is O=C(CC1CC1)c1ccc(-c2cnc3c(NCCN4CCCC4)nc(-c4ccccc4)cn23)cc1. The maximum Gasteiger partial charge on any atom is 0.180 e. The Kier molecular flexibility index (Phi) is 6.05. The third kappa shape index (κ3) is 4.84. The molecule has 2 aromatic carbocycles. The van der Waals surface area contributed by atoms with Gasteiger partial charge in [0.1, 0.15) is 0 Å². The molecular formula is C29H31N5O. The zero-order valence-electron chi connectivity index (χ0n) is 20.0. The number of anilines is 1. The van der Waals surface area contributed by atoms with Gasteiger partial charge in [-0.15, -0.1) is 0 Å². The molecule has 3 heterocycles. The average Bonchev–Trinajstić information content (AvgIpc) is 3.37. The summed E-state index contributed by atoms with van der Waals surface area (Å²) in [6, 6.07) is 18.2. The first-order valence-corrected chi connectivity index (χ1v) is 12.8. The Labute approximate surface area is 206 Å². The minimum Gasteiger partial charge on any atom is -0.366 e. The second kappa shape index (κ2) is 9.62. The first kappa shape index (κ1) is 22.0. The van der Waals surface area contributed by atoms with Crippen LogP contribution in [0.5, 0.6) is 0 Å². The van der Waals surface area contributed by atoms with Crippen LogP contribution in [0.3, 0.4) is 0 Å². The van der Waals surface area contributed by atoms with Gasteiger partial charge < -0.3 is 10.2 Å². The van der Waals surface area contributed by atoms with E-state index in [4.69, 9.17) is 9.97 Å². The Balaban J connectivity index is 1.32. The van der Waals surface area contributed by atoms with E-state index in [0.29, 0.717) is 12.3 Å². The molecule has 2 aliphatic rings. The molecule has 1 aliphatic carbocycles. The van der Waals surface area contributed by atoms with Gasteiger partial charge in [-0.1, -0.05) is 54.6 Å². The molecule has 0 spiro atoms. The van der Waals surface area contributed by atoms with E-state index in [1.165, 1.54) is 38.8 Å². The predicted molar refractivity (Wildman–Crippen MR) is 140 cm³/mol. The number of Topliss-reactive ketones (excluding diaryl/α,β-unsaturated/α-hetero) is 1. The molecule has 0 atom stereocenters. The predicted octanol–water partition coefficient (Wildman–Crippen LogP) is 5.55. The van der Waals surface area contributed by atoms with E-state index in [1.807, 2.05) is 48.7 Å². The number of likely N-dealkylation sites (tertiary alicyclic amines) is 1. The zero-order chi connectivity index (χ0) is 23.6. The van der Waals surface area contributed by atoms with Gasteiger partial charge in [-0.25, -0.2) is 9.97 Å². The van der Waals surface area contributed by atoms with Crippen molar-refractivity contribution < 1.29 is 4.79 Å². The van der Waals surface area contributed by atoms with Gasteiger partial charge in [0.15, 0.2) is 17.2 Å². The van der Waals surface area contributed by atoms with Gasteiger partial charge >= 0.3 is 0 Å². The monoisotopic (exact) mass is 465 g/mol. The van der Waals surface area contributed by atoms with Crippen LogP contribution in [-0.4, -0.2) is 51.2 Å². The molecule has 2 aromatic heterocycles. The van der Waals surface area contributed by atoms with Crippen LogP contribution in [0.15, 0.2) is 67.0 Å². The second-order valence-corrected chi connectivity index (χ2v) is 9.80. The third-order valence-corrected chi connectivity index (χ3v) is 7.15. The highest BCUT2D eigenvalue weighted by atomic mass is 16.1. The lowest BCUT2D eigenvalue weighted by Crippen LogP contribution is -2.26. The van der Waals surface area contributed by atoms with Crippen molar-refractivity contribution in [2.24, 2.45) is 5.92 Å². The maximum absolute atomic E-state index is 12.5. The molecule has 0 amide bonds. The molecule has 0 bridgehead atoms. The Morgan fingerprint density at radius 3 is 2.49 bits per heavy atom. The molecule has 1 aliphatic heterocycles. The number of benzene rings is 2. The van der Waals surface area contributed by atoms with E-state index in [1.54, 1.807) is 0 Å². The molecule has 1 saturated carbocycles. The first-order chi connectivity index (χ1) is 17.2. The first-order valence-electron chi connectivity index (χ1n) is 12.8. The molecule has 35 heavy (non-hydrogen) atoms. The third-order valence-electron chi connectivity index (χ3n) is 7.15. The quantitative estimate of drug-likeness (QED) is 0.328. The van der Waals surface area contributed by atoms with Gasteiger partial charge in [0, 0.05) is 42.4 Å². The number of imidazole rings is 1. The molecule has 1 N–H and O–H groups in total. The molecule has 0 radical (unpaired) electrons. The number of nitrogens with one attached hydrogen (secondary N) is 1. The van der Waals surface area contributed by atoms with E-state index < -0.39 is 0 Å². The van der Waals surface area contributed by atoms with E-state index >= 15 is 0 Å². The topological polar surface area (TPSA) is 62.5 Å². The zero-order valence-corrected chi connectivity index (χ0v) is 20.0. The van der Waals surface area contributed by atoms with Crippen molar-refractivity contribution in [1.82, 2.24) is 19.3 Å². The highest BCUT2D eigenvalue weighted by Crippen LogP contribution is 2.34. The Bertz CT molecular complexity index is 1320. The molecular weight excluding hydrogens is 434 g/mol. The van der Waals surface area contributed by atoms with Gasteiger partial charge in [-0.2, -0.15) is 0 Å². The number of nitrogens with zero attached hydrogens (tertiary/aromatic N) is 4. The van der Waals surface area contributed by atoms with E-state index in [0.717, 1.165) is 52.6 Å². The van der Waals surface area contributed by atoms with Crippen molar-refractivity contribution in [2.45, 2.75) is 32.1 Å². The van der Waals surface area contributed by atoms with E-state index in [2.05, 4.69) is 32.9 Å². The number of rotatable bonds is 9. The van der Waals surface area contributed by atoms with Gasteiger partial charge in [0.05, 0.1) is 17.6 Å².